The second-order valence-electron chi connectivity index (χ2n) is 5.12. The molecule has 0 spiro atoms. The first-order valence-electron chi connectivity index (χ1n) is 6.41. The maximum Gasteiger partial charge on any atom is 0.416 e. The number of hydrogen-bond donors (Lipinski definition) is 1. The Morgan fingerprint density at radius 2 is 1.95 bits per heavy atom. The minimum absolute atomic E-state index is 0.456. The molecule has 0 saturated heterocycles. The molecule has 0 unspecified atom stereocenters. The van der Waals surface area contributed by atoms with Crippen LogP contribution < -0.4 is 5.73 Å². The summed E-state index contributed by atoms with van der Waals surface area (Å²) in [5.41, 5.74) is 5.61. The van der Waals surface area contributed by atoms with Crippen LogP contribution in [-0.4, -0.2) is 24.5 Å². The first-order chi connectivity index (χ1) is 8.82. The van der Waals surface area contributed by atoms with E-state index in [-0.39, 0.29) is 0 Å². The van der Waals surface area contributed by atoms with Gasteiger partial charge in [-0.1, -0.05) is 32.0 Å². The topological polar surface area (TPSA) is 29.3 Å². The van der Waals surface area contributed by atoms with Crippen LogP contribution >= 0.6 is 0 Å². The molecule has 1 aromatic rings. The van der Waals surface area contributed by atoms with E-state index in [1.54, 1.807) is 6.07 Å². The lowest BCUT2D eigenvalue weighted by Crippen LogP contribution is -2.32. The summed E-state index contributed by atoms with van der Waals surface area (Å²) in [7, 11) is 0. The SMILES string of the molecule is CC(C)CN(CCN)Cc1cccc(C(F)(F)F)c1. The Bertz CT molecular complexity index is 389. The fourth-order valence-electron chi connectivity index (χ4n) is 2.04. The fourth-order valence-corrected chi connectivity index (χ4v) is 2.04. The molecule has 0 aliphatic carbocycles. The summed E-state index contributed by atoms with van der Waals surface area (Å²) >= 11 is 0. The van der Waals surface area contributed by atoms with Crippen molar-refractivity contribution in [3.63, 3.8) is 0 Å². The van der Waals surface area contributed by atoms with Gasteiger partial charge in [-0.2, -0.15) is 13.2 Å². The van der Waals surface area contributed by atoms with Crippen LogP contribution in [0.2, 0.25) is 0 Å². The zero-order valence-electron chi connectivity index (χ0n) is 11.4. The van der Waals surface area contributed by atoms with E-state index in [2.05, 4.69) is 18.7 Å². The van der Waals surface area contributed by atoms with Gasteiger partial charge in [0.25, 0.3) is 0 Å². The fraction of sp³-hybridized carbons (Fsp3) is 0.571. The van der Waals surface area contributed by atoms with Crippen LogP contribution in [0.4, 0.5) is 13.2 Å². The van der Waals surface area contributed by atoms with Crippen LogP contribution in [0, 0.1) is 5.92 Å². The van der Waals surface area contributed by atoms with Crippen LogP contribution in [0.25, 0.3) is 0 Å². The number of benzene rings is 1. The molecule has 1 aromatic carbocycles. The molecule has 1 rings (SSSR count). The summed E-state index contributed by atoms with van der Waals surface area (Å²) in [5.74, 6) is 0.456. The zero-order valence-corrected chi connectivity index (χ0v) is 11.4. The van der Waals surface area contributed by atoms with Crippen molar-refractivity contribution in [2.45, 2.75) is 26.6 Å². The van der Waals surface area contributed by atoms with Crippen molar-refractivity contribution in [1.82, 2.24) is 4.90 Å². The molecule has 0 saturated carbocycles. The molecule has 0 aliphatic rings. The van der Waals surface area contributed by atoms with Gasteiger partial charge in [0.2, 0.25) is 0 Å². The van der Waals surface area contributed by atoms with E-state index in [4.69, 9.17) is 5.73 Å². The summed E-state index contributed by atoms with van der Waals surface area (Å²) in [6, 6.07) is 5.48. The maximum atomic E-state index is 12.6. The number of halogens is 3. The smallest absolute Gasteiger partial charge is 0.329 e. The number of nitrogens with zero attached hydrogens (tertiary/aromatic N) is 1. The summed E-state index contributed by atoms with van der Waals surface area (Å²) in [5, 5.41) is 0. The van der Waals surface area contributed by atoms with E-state index in [1.807, 2.05) is 0 Å². The molecule has 19 heavy (non-hydrogen) atoms. The molecule has 0 bridgehead atoms. The standard InChI is InChI=1S/C14H21F3N2/c1-11(2)9-19(7-6-18)10-12-4-3-5-13(8-12)14(15,16)17/h3-5,8,11H,6-7,9-10,18H2,1-2H3. The minimum atomic E-state index is -4.28. The molecule has 0 aromatic heterocycles. The van der Waals surface area contributed by atoms with E-state index in [1.165, 1.54) is 12.1 Å². The summed E-state index contributed by atoms with van der Waals surface area (Å²) in [4.78, 5) is 2.08. The Morgan fingerprint density at radius 3 is 2.47 bits per heavy atom. The summed E-state index contributed by atoms with van der Waals surface area (Å²) < 4.78 is 37.9. The zero-order chi connectivity index (χ0) is 14.5. The number of hydrogen-bond acceptors (Lipinski definition) is 2. The average Bonchev–Trinajstić information content (AvgIpc) is 2.27. The monoisotopic (exact) mass is 274 g/mol. The van der Waals surface area contributed by atoms with Gasteiger partial charge in [0.15, 0.2) is 0 Å². The molecular weight excluding hydrogens is 253 g/mol. The van der Waals surface area contributed by atoms with Gasteiger partial charge in [0.1, 0.15) is 0 Å². The van der Waals surface area contributed by atoms with Crippen LogP contribution in [0.15, 0.2) is 24.3 Å². The average molecular weight is 274 g/mol. The van der Waals surface area contributed by atoms with Crippen molar-refractivity contribution in [2.24, 2.45) is 11.7 Å². The van der Waals surface area contributed by atoms with E-state index < -0.39 is 11.7 Å². The van der Waals surface area contributed by atoms with Crippen LogP contribution in [0.5, 0.6) is 0 Å². The predicted octanol–water partition coefficient (Wildman–Crippen LogP) is 3.12. The molecule has 2 nitrogen and oxygen atoms in total. The number of alkyl halides is 3. The van der Waals surface area contributed by atoms with Crippen molar-refractivity contribution < 1.29 is 13.2 Å². The highest BCUT2D eigenvalue weighted by Crippen LogP contribution is 2.29. The quantitative estimate of drug-likeness (QED) is 0.863. The second-order valence-corrected chi connectivity index (χ2v) is 5.12. The highest BCUT2D eigenvalue weighted by atomic mass is 19.4. The Hall–Kier alpha value is -1.07. The van der Waals surface area contributed by atoms with Crippen molar-refractivity contribution >= 4 is 0 Å². The molecule has 0 radical (unpaired) electrons. The van der Waals surface area contributed by atoms with E-state index >= 15 is 0 Å². The Morgan fingerprint density at radius 1 is 1.26 bits per heavy atom. The van der Waals surface area contributed by atoms with E-state index in [0.717, 1.165) is 12.6 Å². The van der Waals surface area contributed by atoms with Crippen molar-refractivity contribution in [3.05, 3.63) is 35.4 Å². The molecule has 2 N–H and O–H groups in total. The van der Waals surface area contributed by atoms with Gasteiger partial charge in [-0.25, -0.2) is 0 Å². The highest BCUT2D eigenvalue weighted by Gasteiger charge is 2.30. The van der Waals surface area contributed by atoms with Crippen LogP contribution in [0.1, 0.15) is 25.0 Å². The Balaban J connectivity index is 2.79. The lowest BCUT2D eigenvalue weighted by atomic mass is 10.1. The normalized spacial score (nSPS) is 12.4. The van der Waals surface area contributed by atoms with Gasteiger partial charge >= 0.3 is 6.18 Å². The molecule has 5 heteroatoms. The van der Waals surface area contributed by atoms with E-state index in [9.17, 15) is 13.2 Å². The summed E-state index contributed by atoms with van der Waals surface area (Å²) in [6.07, 6.45) is -4.28. The van der Waals surface area contributed by atoms with Gasteiger partial charge < -0.3 is 5.73 Å². The van der Waals surface area contributed by atoms with Gasteiger partial charge in [-0.15, -0.1) is 0 Å². The van der Waals surface area contributed by atoms with E-state index in [0.29, 0.717) is 31.1 Å². The first kappa shape index (κ1) is 16.0. The Kier molecular flexibility index (Phi) is 5.82. The van der Waals surface area contributed by atoms with Crippen molar-refractivity contribution in [3.8, 4) is 0 Å². The molecule has 0 amide bonds. The van der Waals surface area contributed by atoms with Gasteiger partial charge in [-0.05, 0) is 17.5 Å². The molecule has 0 atom stereocenters. The highest BCUT2D eigenvalue weighted by molar-refractivity contribution is 5.25. The molecule has 0 heterocycles. The van der Waals surface area contributed by atoms with Gasteiger partial charge in [-0.3, -0.25) is 4.90 Å². The molecular formula is C14H21F3N2. The predicted molar refractivity (Wildman–Crippen MR) is 70.6 cm³/mol. The number of rotatable bonds is 6. The summed E-state index contributed by atoms with van der Waals surface area (Å²) in [6.45, 7) is 6.68. The Labute approximate surface area is 112 Å². The van der Waals surface area contributed by atoms with Gasteiger partial charge in [0.05, 0.1) is 5.56 Å². The lowest BCUT2D eigenvalue weighted by molar-refractivity contribution is -0.137. The molecule has 0 aliphatic heterocycles. The lowest BCUT2D eigenvalue weighted by Gasteiger charge is -2.24. The van der Waals surface area contributed by atoms with Crippen LogP contribution in [0.3, 0.4) is 0 Å². The largest absolute Gasteiger partial charge is 0.416 e. The first-order valence-corrected chi connectivity index (χ1v) is 6.41. The van der Waals surface area contributed by atoms with Crippen molar-refractivity contribution in [2.75, 3.05) is 19.6 Å². The minimum Gasteiger partial charge on any atom is -0.329 e. The van der Waals surface area contributed by atoms with Crippen molar-refractivity contribution in [1.29, 1.82) is 0 Å². The third-order valence-corrected chi connectivity index (χ3v) is 2.73. The van der Waals surface area contributed by atoms with Crippen LogP contribution in [-0.2, 0) is 12.7 Å². The molecule has 0 fully saturated rings. The third kappa shape index (κ3) is 5.61. The third-order valence-electron chi connectivity index (χ3n) is 2.73. The molecule has 108 valence electrons. The second kappa shape index (κ2) is 6.91. The maximum absolute atomic E-state index is 12.6. The number of nitrogens with two attached hydrogens (primary N) is 1. The van der Waals surface area contributed by atoms with Gasteiger partial charge in [0, 0.05) is 26.2 Å².